The maximum absolute atomic E-state index is 6.67. The van der Waals surface area contributed by atoms with Crippen LogP contribution in [0.4, 0.5) is 68.8 Å². The molecular formula is C128H80N12OS3. The molecule has 144 heavy (non-hydrogen) atoms. The quantitative estimate of drug-likeness (QED) is 0.143. The van der Waals surface area contributed by atoms with Crippen LogP contribution in [0.3, 0.4) is 0 Å². The number of rotatable bonds is 8. The van der Waals surface area contributed by atoms with Crippen molar-refractivity contribution in [2.75, 3.05) is 19.6 Å². The van der Waals surface area contributed by atoms with E-state index in [1.165, 1.54) is 122 Å². The molecule has 0 radical (unpaired) electrons. The fraction of sp³-hybridized carbons (Fsp3) is 0. The van der Waals surface area contributed by atoms with Crippen molar-refractivity contribution in [2.24, 2.45) is 0 Å². The zero-order valence-electron chi connectivity index (χ0n) is 77.2. The molecular weight excluding hydrogens is 1820 g/mol. The van der Waals surface area contributed by atoms with E-state index in [4.69, 9.17) is 39.6 Å². The maximum atomic E-state index is 6.67. The summed E-state index contributed by atoms with van der Waals surface area (Å²) in [5, 5.41) is 22.6. The average molecular weight is 1900 g/mol. The topological polar surface area (TPSA) is 125 Å². The highest BCUT2D eigenvalue weighted by atomic mass is 32.2. The van der Waals surface area contributed by atoms with Gasteiger partial charge in [-0.3, -0.25) is 24.8 Å². The van der Waals surface area contributed by atoms with Gasteiger partial charge < -0.3 is 14.5 Å². The zero-order chi connectivity index (χ0) is 95.1. The molecule has 4 aliphatic rings. The van der Waals surface area contributed by atoms with Crippen LogP contribution in [0.5, 0.6) is 11.5 Å². The largest absolute Gasteiger partial charge is 0.452 e. The number of ether oxygens (including phenoxy) is 1. The highest BCUT2D eigenvalue weighted by Gasteiger charge is 2.37. The van der Waals surface area contributed by atoms with Gasteiger partial charge in [0.1, 0.15) is 0 Å². The van der Waals surface area contributed by atoms with Gasteiger partial charge >= 0.3 is 0 Å². The van der Waals surface area contributed by atoms with Crippen LogP contribution in [0, 0.1) is 0 Å². The SMILES string of the molecule is c1ccc(-c2cc(-c3ccccn3)cc(N3c4ccc5ccccc5c4Sc4ccc5ccccc5c43)c2)nc1.c1ccc(-c2nc(-c3ccccc3)nc(N3c4ccc5ccccc5c4Oc4ccc5ccccc5c43)n2)cc1.c1ccc2c(N3c4ccc5ccccc5c4Sc4ccc5ccccc5c43)cncc2c1.c1ccc2nc(N3c4ccc5ccccc5c4Sc4ccc5ccccc5c43)ncc2c1. The molecule has 0 bridgehead atoms. The van der Waals surface area contributed by atoms with E-state index < -0.39 is 0 Å². The predicted molar refractivity (Wildman–Crippen MR) is 596 cm³/mol. The molecule has 13 nitrogen and oxygen atoms in total. The molecule has 16 heteroatoms. The summed E-state index contributed by atoms with van der Waals surface area (Å²) >= 11 is 5.56. The third kappa shape index (κ3) is 15.2. The van der Waals surface area contributed by atoms with Crippen molar-refractivity contribution in [1.82, 2.24) is 39.9 Å². The van der Waals surface area contributed by atoms with Gasteiger partial charge in [0.25, 0.3) is 0 Å². The van der Waals surface area contributed by atoms with Crippen LogP contribution in [0.1, 0.15) is 0 Å². The van der Waals surface area contributed by atoms with Crippen LogP contribution in [-0.4, -0.2) is 39.9 Å². The first-order valence-electron chi connectivity index (χ1n) is 47.9. The number of hydrogen-bond acceptors (Lipinski definition) is 16. The minimum atomic E-state index is 0.533. The summed E-state index contributed by atoms with van der Waals surface area (Å²) in [6, 6.07) is 159. The van der Waals surface area contributed by atoms with E-state index in [1.807, 2.05) is 194 Å². The minimum Gasteiger partial charge on any atom is -0.452 e. The van der Waals surface area contributed by atoms with E-state index >= 15 is 0 Å². The van der Waals surface area contributed by atoms with Gasteiger partial charge in [-0.2, -0.15) is 9.97 Å². The summed E-state index contributed by atoms with van der Waals surface area (Å²) in [7, 11) is 0. The Morgan fingerprint density at radius 1 is 0.215 bits per heavy atom. The zero-order valence-corrected chi connectivity index (χ0v) is 79.6. The fourth-order valence-electron chi connectivity index (χ4n) is 20.5. The first-order valence-corrected chi connectivity index (χ1v) is 50.3. The van der Waals surface area contributed by atoms with Gasteiger partial charge in [-0.1, -0.05) is 393 Å². The molecule has 0 atom stereocenters. The summed E-state index contributed by atoms with van der Waals surface area (Å²) in [4.78, 5) is 55.7. The Morgan fingerprint density at radius 3 is 1.08 bits per heavy atom. The van der Waals surface area contributed by atoms with E-state index in [2.05, 4.69) is 352 Å². The molecule has 4 aliphatic heterocycles. The monoisotopic (exact) mass is 1900 g/mol. The Kier molecular flexibility index (Phi) is 21.4. The Bertz CT molecular complexity index is 9200. The van der Waals surface area contributed by atoms with Gasteiger partial charge in [0, 0.05) is 125 Å². The molecule has 0 amide bonds. The molecule has 0 spiro atoms. The van der Waals surface area contributed by atoms with E-state index in [0.29, 0.717) is 23.5 Å². The number of aromatic nitrogens is 8. The summed E-state index contributed by atoms with van der Waals surface area (Å²) < 4.78 is 6.67. The van der Waals surface area contributed by atoms with Gasteiger partial charge in [0.05, 0.1) is 74.3 Å². The van der Waals surface area contributed by atoms with E-state index in [0.717, 1.165) is 117 Å². The predicted octanol–water partition coefficient (Wildman–Crippen LogP) is 35.5. The van der Waals surface area contributed by atoms with Crippen LogP contribution < -0.4 is 24.3 Å². The van der Waals surface area contributed by atoms with Crippen molar-refractivity contribution < 1.29 is 4.74 Å². The number of fused-ring (bicyclic) bond motifs is 26. The second-order valence-electron chi connectivity index (χ2n) is 35.6. The molecule has 0 fully saturated rings. The van der Waals surface area contributed by atoms with Crippen LogP contribution in [0.15, 0.2) is 515 Å². The normalized spacial score (nSPS) is 12.5. The summed E-state index contributed by atoms with van der Waals surface area (Å²) in [6.07, 6.45) is 9.57. The van der Waals surface area contributed by atoms with Crippen molar-refractivity contribution >= 4 is 212 Å². The lowest BCUT2D eigenvalue weighted by Crippen LogP contribution is -2.20. The number of benzene rings is 21. The molecule has 0 aliphatic carbocycles. The molecule has 9 heterocycles. The lowest BCUT2D eigenvalue weighted by atomic mass is 10.0. The second-order valence-corrected chi connectivity index (χ2v) is 38.8. The number of hydrogen-bond donors (Lipinski definition) is 0. The van der Waals surface area contributed by atoms with Gasteiger partial charge in [0.15, 0.2) is 23.1 Å². The Morgan fingerprint density at radius 2 is 0.583 bits per heavy atom. The van der Waals surface area contributed by atoms with Crippen LogP contribution in [0.2, 0.25) is 0 Å². The maximum Gasteiger partial charge on any atom is 0.239 e. The lowest BCUT2D eigenvalue weighted by molar-refractivity contribution is 0.483. The van der Waals surface area contributed by atoms with Crippen molar-refractivity contribution in [3.8, 4) is 56.8 Å². The Hall–Kier alpha value is -18.2. The van der Waals surface area contributed by atoms with E-state index in [-0.39, 0.29) is 0 Å². The highest BCUT2D eigenvalue weighted by molar-refractivity contribution is 8.00. The first kappa shape index (κ1) is 85.0. The van der Waals surface area contributed by atoms with Crippen molar-refractivity contribution in [3.63, 3.8) is 0 Å². The highest BCUT2D eigenvalue weighted by Crippen LogP contribution is 2.62. The number of para-hydroxylation sites is 1. The third-order valence-corrected chi connectivity index (χ3v) is 30.7. The van der Waals surface area contributed by atoms with E-state index in [9.17, 15) is 0 Å². The minimum absolute atomic E-state index is 0.533. The van der Waals surface area contributed by atoms with Gasteiger partial charge in [0.2, 0.25) is 11.9 Å². The smallest absolute Gasteiger partial charge is 0.239 e. The molecule has 0 N–H and O–H groups in total. The van der Waals surface area contributed by atoms with E-state index in [1.54, 1.807) is 0 Å². The number of anilines is 12. The van der Waals surface area contributed by atoms with Gasteiger partial charge in [-0.15, -0.1) is 0 Å². The molecule has 0 saturated carbocycles. The molecule has 0 saturated heterocycles. The lowest BCUT2D eigenvalue weighted by Gasteiger charge is -2.35. The molecule has 0 unspecified atom stereocenters. The second kappa shape index (κ2) is 36.2. The number of nitrogens with zero attached hydrogens (tertiary/aromatic N) is 12. The molecule has 5 aromatic heterocycles. The molecule has 26 aromatic rings. The summed E-state index contributed by atoms with van der Waals surface area (Å²) in [5.74, 6) is 3.98. The van der Waals surface area contributed by atoms with Crippen molar-refractivity contribution in [1.29, 1.82) is 0 Å². The van der Waals surface area contributed by atoms with Crippen molar-refractivity contribution in [3.05, 3.63) is 486 Å². The third-order valence-electron chi connectivity index (χ3n) is 27.1. The van der Waals surface area contributed by atoms with Crippen LogP contribution in [-0.2, 0) is 0 Å². The van der Waals surface area contributed by atoms with Crippen molar-refractivity contribution in [2.45, 2.75) is 29.4 Å². The molecule has 30 rings (SSSR count). The fourth-order valence-corrected chi connectivity index (χ4v) is 24.1. The summed E-state index contributed by atoms with van der Waals surface area (Å²) in [6.45, 7) is 0. The van der Waals surface area contributed by atoms with Crippen LogP contribution in [0.25, 0.3) is 153 Å². The molecule has 676 valence electrons. The Labute approximate surface area is 841 Å². The van der Waals surface area contributed by atoms with Gasteiger partial charge in [-0.05, 0) is 156 Å². The first-order chi connectivity index (χ1) is 71.4. The molecule has 21 aromatic carbocycles. The standard InChI is InChI=1S/C36H23N3S.C35H22N4O.C29H18N2S.C28H17N3S/c1-3-11-29-24(9-1)16-18-34-35(29)39(33-17-15-25-10-2-4-12-30(25)36(33)40-34)28-22-26(31-13-5-7-19-37-31)21-27(23-28)32-14-6-8-20-38-32;1-3-13-25(14-4-1)33-36-34(26-15-5-2-6-16-26)38-35(37-33)39-29-21-19-24-12-8-10-18-28(24)32(29)40-30-22-20-23-11-7-9-17-27(23)31(30)39;1-5-11-23-19(7-1)14-16-27-28(23)31(26-18-30-17-21-9-3-4-10-22(21)26)25-15-13-20-8-2-6-12-24(20)29(25)32-27;1-4-10-21-18(7-1)14-16-25-26(21)31(28-29-17-20-9-3-6-12-23(20)30-28)24-15-13-19-8-2-5-11-22(19)27(24)32-25/h1-23H;1-22H;1-18H;1-17H. The number of pyridine rings is 3. The average Bonchev–Trinajstić information content (AvgIpc) is 0.726. The summed E-state index contributed by atoms with van der Waals surface area (Å²) in [5.41, 5.74) is 17.8. The van der Waals surface area contributed by atoms with Crippen LogP contribution >= 0.6 is 35.3 Å². The van der Waals surface area contributed by atoms with Gasteiger partial charge in [-0.25, -0.2) is 15.0 Å². The Balaban J connectivity index is 0.0000000961.